The van der Waals surface area contributed by atoms with E-state index in [0.717, 1.165) is 32.0 Å². The molecule has 6 heteroatoms. The molecule has 0 unspecified atom stereocenters. The first-order chi connectivity index (χ1) is 10.7. The van der Waals surface area contributed by atoms with Crippen LogP contribution in [0.15, 0.2) is 18.2 Å². The third kappa shape index (κ3) is 3.97. The van der Waals surface area contributed by atoms with Gasteiger partial charge in [0.15, 0.2) is 0 Å². The molecule has 3 nitrogen and oxygen atoms in total. The van der Waals surface area contributed by atoms with Crippen LogP contribution in [0.2, 0.25) is 0 Å². The molecule has 0 aliphatic carbocycles. The van der Waals surface area contributed by atoms with Gasteiger partial charge in [0.1, 0.15) is 0 Å². The zero-order chi connectivity index (χ0) is 17.2. The largest absolute Gasteiger partial charge is 0.417 e. The Morgan fingerprint density at radius 3 is 2.35 bits per heavy atom. The van der Waals surface area contributed by atoms with E-state index in [4.69, 9.17) is 5.26 Å². The van der Waals surface area contributed by atoms with Crippen molar-refractivity contribution in [1.29, 1.82) is 5.26 Å². The van der Waals surface area contributed by atoms with E-state index in [1.807, 2.05) is 11.9 Å². The number of anilines is 1. The maximum Gasteiger partial charge on any atom is 0.417 e. The molecule has 0 N–H and O–H groups in total. The summed E-state index contributed by atoms with van der Waals surface area (Å²) in [5, 5.41) is 8.87. The van der Waals surface area contributed by atoms with Crippen molar-refractivity contribution in [2.75, 3.05) is 25.0 Å². The summed E-state index contributed by atoms with van der Waals surface area (Å²) in [6.45, 7) is 6.21. The Balaban J connectivity index is 2.18. The predicted molar refractivity (Wildman–Crippen MR) is 84.3 cm³/mol. The van der Waals surface area contributed by atoms with E-state index >= 15 is 0 Å². The summed E-state index contributed by atoms with van der Waals surface area (Å²) in [5.74, 6) is 0. The lowest BCUT2D eigenvalue weighted by Gasteiger charge is -2.39. The van der Waals surface area contributed by atoms with Crippen molar-refractivity contribution in [2.24, 2.45) is 0 Å². The van der Waals surface area contributed by atoms with Crippen molar-refractivity contribution in [3.8, 4) is 6.07 Å². The lowest BCUT2D eigenvalue weighted by molar-refractivity contribution is -0.137. The van der Waals surface area contributed by atoms with Gasteiger partial charge in [-0.3, -0.25) is 0 Å². The van der Waals surface area contributed by atoms with Gasteiger partial charge < -0.3 is 9.80 Å². The molecule has 1 heterocycles. The maximum absolute atomic E-state index is 13.1. The van der Waals surface area contributed by atoms with Crippen molar-refractivity contribution in [3.63, 3.8) is 0 Å². The van der Waals surface area contributed by atoms with Gasteiger partial charge in [0.25, 0.3) is 0 Å². The van der Waals surface area contributed by atoms with Gasteiger partial charge in [0, 0.05) is 37.9 Å². The zero-order valence-electron chi connectivity index (χ0n) is 13.7. The molecule has 23 heavy (non-hydrogen) atoms. The van der Waals surface area contributed by atoms with Gasteiger partial charge in [-0.1, -0.05) is 0 Å². The molecule has 0 saturated carbocycles. The van der Waals surface area contributed by atoms with Crippen LogP contribution in [0, 0.1) is 11.3 Å². The van der Waals surface area contributed by atoms with E-state index in [0.29, 0.717) is 11.7 Å². The van der Waals surface area contributed by atoms with Crippen molar-refractivity contribution in [2.45, 2.75) is 44.9 Å². The summed E-state index contributed by atoms with van der Waals surface area (Å²) in [6.07, 6.45) is -2.66. The highest BCUT2D eigenvalue weighted by Crippen LogP contribution is 2.35. The SMILES string of the molecule is CC(C)N1CCC(N(C)c2ccc(C#N)c(C(F)(F)F)c2)CC1. The zero-order valence-corrected chi connectivity index (χ0v) is 13.7. The molecule has 0 amide bonds. The van der Waals surface area contributed by atoms with E-state index in [1.165, 1.54) is 6.07 Å². The Bertz CT molecular complexity index is 582. The minimum Gasteiger partial charge on any atom is -0.371 e. The topological polar surface area (TPSA) is 30.3 Å². The molecule has 1 aliphatic heterocycles. The summed E-state index contributed by atoms with van der Waals surface area (Å²) in [6, 6.07) is 6.29. The second kappa shape index (κ2) is 6.79. The smallest absolute Gasteiger partial charge is 0.371 e. The van der Waals surface area contributed by atoms with Crippen LogP contribution in [0.1, 0.15) is 37.8 Å². The van der Waals surface area contributed by atoms with Crippen molar-refractivity contribution in [1.82, 2.24) is 4.90 Å². The number of rotatable bonds is 3. The van der Waals surface area contributed by atoms with Gasteiger partial charge in [0.2, 0.25) is 0 Å². The van der Waals surface area contributed by atoms with Crippen molar-refractivity contribution < 1.29 is 13.2 Å². The Morgan fingerprint density at radius 2 is 1.87 bits per heavy atom. The number of hydrogen-bond donors (Lipinski definition) is 0. The molecule has 0 spiro atoms. The first-order valence-electron chi connectivity index (χ1n) is 7.82. The van der Waals surface area contributed by atoms with Crippen molar-refractivity contribution >= 4 is 5.69 Å². The van der Waals surface area contributed by atoms with Crippen LogP contribution in [0.5, 0.6) is 0 Å². The van der Waals surface area contributed by atoms with Gasteiger partial charge in [-0.2, -0.15) is 18.4 Å². The normalized spacial score (nSPS) is 17.3. The number of likely N-dealkylation sites (tertiary alicyclic amines) is 1. The van der Waals surface area contributed by atoms with Crippen LogP contribution in [0.25, 0.3) is 0 Å². The number of alkyl halides is 3. The molecule has 1 saturated heterocycles. The second-order valence-electron chi connectivity index (χ2n) is 6.31. The molecule has 126 valence electrons. The summed E-state index contributed by atoms with van der Waals surface area (Å²) >= 11 is 0. The highest BCUT2D eigenvalue weighted by atomic mass is 19.4. The van der Waals surface area contributed by atoms with Crippen LogP contribution in [0.4, 0.5) is 18.9 Å². The average Bonchev–Trinajstić information content (AvgIpc) is 2.52. The van der Waals surface area contributed by atoms with Crippen LogP contribution in [-0.4, -0.2) is 37.1 Å². The fraction of sp³-hybridized carbons (Fsp3) is 0.588. The summed E-state index contributed by atoms with van der Waals surface area (Å²) < 4.78 is 39.3. The fourth-order valence-electron chi connectivity index (χ4n) is 3.08. The molecular weight excluding hydrogens is 303 g/mol. The van der Waals surface area contributed by atoms with Gasteiger partial charge in [-0.25, -0.2) is 0 Å². The lowest BCUT2D eigenvalue weighted by atomic mass is 10.0. The minimum absolute atomic E-state index is 0.221. The molecule has 1 fully saturated rings. The fourth-order valence-corrected chi connectivity index (χ4v) is 3.08. The predicted octanol–water partition coefficient (Wildman–Crippen LogP) is 3.89. The lowest BCUT2D eigenvalue weighted by Crippen LogP contribution is -2.45. The van der Waals surface area contributed by atoms with E-state index in [2.05, 4.69) is 18.7 Å². The van der Waals surface area contributed by atoms with Crippen LogP contribution < -0.4 is 4.90 Å². The third-order valence-corrected chi connectivity index (χ3v) is 4.61. The van der Waals surface area contributed by atoms with Crippen LogP contribution in [-0.2, 0) is 6.18 Å². The maximum atomic E-state index is 13.1. The van der Waals surface area contributed by atoms with Crippen molar-refractivity contribution in [3.05, 3.63) is 29.3 Å². The molecule has 0 atom stereocenters. The minimum atomic E-state index is -4.51. The summed E-state index contributed by atoms with van der Waals surface area (Å²) in [5.41, 5.74) is -0.674. The third-order valence-electron chi connectivity index (χ3n) is 4.61. The second-order valence-corrected chi connectivity index (χ2v) is 6.31. The Labute approximate surface area is 135 Å². The standard InChI is InChI=1S/C17H22F3N3/c1-12(2)23-8-6-14(7-9-23)22(3)15-5-4-13(11-21)16(10-15)17(18,19)20/h4-5,10,12,14H,6-9H2,1-3H3. The summed E-state index contributed by atoms with van der Waals surface area (Å²) in [4.78, 5) is 4.29. The molecule has 1 aromatic rings. The van der Waals surface area contributed by atoms with Gasteiger partial charge in [0.05, 0.1) is 17.2 Å². The monoisotopic (exact) mass is 325 g/mol. The van der Waals surface area contributed by atoms with E-state index in [1.54, 1.807) is 12.1 Å². The number of hydrogen-bond acceptors (Lipinski definition) is 3. The Hall–Kier alpha value is -1.74. The number of piperidine rings is 1. The highest BCUT2D eigenvalue weighted by molar-refractivity contribution is 5.55. The molecule has 2 rings (SSSR count). The van der Waals surface area contributed by atoms with Crippen LogP contribution in [0.3, 0.4) is 0 Å². The van der Waals surface area contributed by atoms with Gasteiger partial charge in [-0.15, -0.1) is 0 Å². The molecule has 0 radical (unpaired) electrons. The Kier molecular flexibility index (Phi) is 5.20. The van der Waals surface area contributed by atoms with E-state index in [9.17, 15) is 13.2 Å². The number of nitriles is 1. The van der Waals surface area contributed by atoms with Gasteiger partial charge >= 0.3 is 6.18 Å². The van der Waals surface area contributed by atoms with E-state index in [-0.39, 0.29) is 11.6 Å². The first-order valence-corrected chi connectivity index (χ1v) is 7.82. The summed E-state index contributed by atoms with van der Waals surface area (Å²) in [7, 11) is 1.83. The molecule has 1 aliphatic rings. The molecule has 1 aromatic carbocycles. The number of halogens is 3. The quantitative estimate of drug-likeness (QED) is 0.845. The number of benzene rings is 1. The average molecular weight is 325 g/mol. The number of nitrogens with zero attached hydrogens (tertiary/aromatic N) is 3. The van der Waals surface area contributed by atoms with Gasteiger partial charge in [-0.05, 0) is 44.9 Å². The molecule has 0 bridgehead atoms. The van der Waals surface area contributed by atoms with Crippen LogP contribution >= 0.6 is 0 Å². The van der Waals surface area contributed by atoms with E-state index < -0.39 is 11.7 Å². The molecule has 0 aromatic heterocycles. The highest BCUT2D eigenvalue weighted by Gasteiger charge is 2.34. The molecular formula is C17H22F3N3. The Morgan fingerprint density at radius 1 is 1.26 bits per heavy atom. The first kappa shape index (κ1) is 17.6.